The summed E-state index contributed by atoms with van der Waals surface area (Å²) in [5, 5.41) is 0. The van der Waals surface area contributed by atoms with Crippen LogP contribution in [0.3, 0.4) is 0 Å². The summed E-state index contributed by atoms with van der Waals surface area (Å²) in [6.45, 7) is 4.95. The van der Waals surface area contributed by atoms with Crippen LogP contribution in [0.15, 0.2) is 12.2 Å². The summed E-state index contributed by atoms with van der Waals surface area (Å²) in [5.41, 5.74) is 5.10. The molecule has 6 heteroatoms. The van der Waals surface area contributed by atoms with Crippen molar-refractivity contribution in [1.82, 2.24) is 4.42 Å². The van der Waals surface area contributed by atoms with Crippen LogP contribution >= 0.6 is 11.8 Å². The van der Waals surface area contributed by atoms with Crippen molar-refractivity contribution in [2.75, 3.05) is 13.2 Å². The van der Waals surface area contributed by atoms with Crippen molar-refractivity contribution in [2.24, 2.45) is 5.73 Å². The maximum absolute atomic E-state index is 10.8. The summed E-state index contributed by atoms with van der Waals surface area (Å²) in [4.78, 5) is 21.2. The SMILES string of the molecule is C=C(C)C(=O)OCCN(Cl)C(N)=O. The van der Waals surface area contributed by atoms with Crippen LogP contribution in [0.25, 0.3) is 0 Å². The Balaban J connectivity index is 3.62. The molecule has 0 rings (SSSR count). The molecule has 0 aromatic rings. The van der Waals surface area contributed by atoms with Gasteiger partial charge in [0.25, 0.3) is 0 Å². The molecule has 0 atom stereocenters. The lowest BCUT2D eigenvalue weighted by molar-refractivity contribution is -0.138. The highest BCUT2D eigenvalue weighted by Crippen LogP contribution is 1.95. The number of nitrogens with zero attached hydrogens (tertiary/aromatic N) is 1. The predicted octanol–water partition coefficient (Wildman–Crippen LogP) is 0.640. The maximum Gasteiger partial charge on any atom is 0.333 e. The van der Waals surface area contributed by atoms with Gasteiger partial charge in [-0.25, -0.2) is 14.0 Å². The van der Waals surface area contributed by atoms with Crippen molar-refractivity contribution in [3.05, 3.63) is 12.2 Å². The summed E-state index contributed by atoms with van der Waals surface area (Å²) >= 11 is 5.32. The number of rotatable bonds is 4. The molecule has 0 unspecified atom stereocenters. The first-order valence-corrected chi connectivity index (χ1v) is 3.84. The zero-order valence-electron chi connectivity index (χ0n) is 7.25. The van der Waals surface area contributed by atoms with E-state index >= 15 is 0 Å². The molecular formula is C7H11ClN2O3. The van der Waals surface area contributed by atoms with E-state index in [-0.39, 0.29) is 13.2 Å². The van der Waals surface area contributed by atoms with Gasteiger partial charge in [-0.15, -0.1) is 0 Å². The molecule has 0 aromatic heterocycles. The van der Waals surface area contributed by atoms with Gasteiger partial charge in [0.2, 0.25) is 0 Å². The molecule has 0 aromatic carbocycles. The molecule has 2 N–H and O–H groups in total. The van der Waals surface area contributed by atoms with Gasteiger partial charge < -0.3 is 10.5 Å². The Kier molecular flexibility index (Phi) is 4.91. The average Bonchev–Trinajstić information content (AvgIpc) is 2.03. The van der Waals surface area contributed by atoms with E-state index in [1.54, 1.807) is 0 Å². The standard InChI is InChI=1S/C7H11ClN2O3/c1-5(2)6(11)13-4-3-10(8)7(9)12/h1,3-4H2,2H3,(H2,9,12). The number of amides is 2. The summed E-state index contributed by atoms with van der Waals surface area (Å²) in [6, 6.07) is -0.784. The largest absolute Gasteiger partial charge is 0.460 e. The Hall–Kier alpha value is -1.23. The molecular weight excluding hydrogens is 196 g/mol. The van der Waals surface area contributed by atoms with Gasteiger partial charge in [-0.1, -0.05) is 6.58 Å². The minimum Gasteiger partial charge on any atom is -0.460 e. The van der Waals surface area contributed by atoms with Crippen LogP contribution in [0.1, 0.15) is 6.92 Å². The van der Waals surface area contributed by atoms with Crippen molar-refractivity contribution >= 4 is 23.8 Å². The lowest BCUT2D eigenvalue weighted by Gasteiger charge is -2.10. The van der Waals surface area contributed by atoms with E-state index in [1.165, 1.54) is 6.92 Å². The third-order valence-corrected chi connectivity index (χ3v) is 1.44. The van der Waals surface area contributed by atoms with Gasteiger partial charge in [-0.2, -0.15) is 0 Å². The molecule has 0 radical (unpaired) electrons. The first-order valence-electron chi connectivity index (χ1n) is 3.50. The third kappa shape index (κ3) is 5.08. The van der Waals surface area contributed by atoms with Gasteiger partial charge in [0.05, 0.1) is 6.54 Å². The quantitative estimate of drug-likeness (QED) is 0.417. The van der Waals surface area contributed by atoms with Crippen LogP contribution in [-0.2, 0) is 9.53 Å². The van der Waals surface area contributed by atoms with E-state index in [2.05, 4.69) is 11.3 Å². The van der Waals surface area contributed by atoms with Crippen LogP contribution in [-0.4, -0.2) is 29.6 Å². The summed E-state index contributed by atoms with van der Waals surface area (Å²) < 4.78 is 5.38. The van der Waals surface area contributed by atoms with Gasteiger partial charge in [-0.3, -0.25) is 0 Å². The number of ether oxygens (including phenoxy) is 1. The van der Waals surface area contributed by atoms with Crippen molar-refractivity contribution in [3.8, 4) is 0 Å². The van der Waals surface area contributed by atoms with Crippen LogP contribution in [0.4, 0.5) is 4.79 Å². The minimum absolute atomic E-state index is 0.00185. The fourth-order valence-corrected chi connectivity index (χ4v) is 0.521. The molecule has 0 saturated carbocycles. The average molecular weight is 207 g/mol. The monoisotopic (exact) mass is 206 g/mol. The molecule has 0 aliphatic carbocycles. The van der Waals surface area contributed by atoms with Gasteiger partial charge in [0, 0.05) is 17.3 Å². The first kappa shape index (κ1) is 11.8. The van der Waals surface area contributed by atoms with Gasteiger partial charge in [0.15, 0.2) is 0 Å². The number of halogens is 1. The van der Waals surface area contributed by atoms with Gasteiger partial charge >= 0.3 is 12.0 Å². The summed E-state index contributed by atoms with van der Waals surface area (Å²) in [7, 11) is 0. The molecule has 0 aliphatic heterocycles. The molecule has 0 bridgehead atoms. The second-order valence-electron chi connectivity index (χ2n) is 2.34. The van der Waals surface area contributed by atoms with E-state index in [9.17, 15) is 9.59 Å². The van der Waals surface area contributed by atoms with E-state index in [1.807, 2.05) is 0 Å². The Bertz CT molecular complexity index is 230. The highest BCUT2D eigenvalue weighted by atomic mass is 35.5. The molecule has 0 aliphatic rings. The molecule has 0 saturated heterocycles. The van der Waals surface area contributed by atoms with Crippen LogP contribution in [0, 0.1) is 0 Å². The number of hydrogen-bond acceptors (Lipinski definition) is 3. The number of carbonyl (C=O) groups is 2. The highest BCUT2D eigenvalue weighted by molar-refractivity contribution is 6.20. The Morgan fingerprint density at radius 2 is 2.15 bits per heavy atom. The molecule has 0 spiro atoms. The Morgan fingerprint density at radius 3 is 2.54 bits per heavy atom. The number of primary amides is 1. The molecule has 13 heavy (non-hydrogen) atoms. The summed E-state index contributed by atoms with van der Waals surface area (Å²) in [5.74, 6) is -0.519. The number of hydrogen-bond donors (Lipinski definition) is 1. The highest BCUT2D eigenvalue weighted by Gasteiger charge is 2.07. The van der Waals surface area contributed by atoms with Gasteiger partial charge in [0.1, 0.15) is 6.61 Å². The van der Waals surface area contributed by atoms with Gasteiger partial charge in [-0.05, 0) is 6.92 Å². The van der Waals surface area contributed by atoms with E-state index in [0.717, 1.165) is 4.42 Å². The Labute approximate surface area is 81.2 Å². The Morgan fingerprint density at radius 1 is 1.62 bits per heavy atom. The molecule has 5 nitrogen and oxygen atoms in total. The summed E-state index contributed by atoms with van der Waals surface area (Å²) in [6.07, 6.45) is 0. The van der Waals surface area contributed by atoms with Crippen molar-refractivity contribution in [2.45, 2.75) is 6.92 Å². The van der Waals surface area contributed by atoms with E-state index < -0.39 is 12.0 Å². The molecule has 0 fully saturated rings. The van der Waals surface area contributed by atoms with E-state index in [4.69, 9.17) is 17.5 Å². The minimum atomic E-state index is -0.784. The maximum atomic E-state index is 10.8. The third-order valence-electron chi connectivity index (χ3n) is 1.11. The number of nitrogens with two attached hydrogens (primary N) is 1. The van der Waals surface area contributed by atoms with Crippen molar-refractivity contribution in [3.63, 3.8) is 0 Å². The molecule has 2 amide bonds. The number of carbonyl (C=O) groups excluding carboxylic acids is 2. The molecule has 74 valence electrons. The zero-order chi connectivity index (χ0) is 10.4. The number of urea groups is 1. The molecule has 0 heterocycles. The smallest absolute Gasteiger partial charge is 0.333 e. The van der Waals surface area contributed by atoms with Crippen LogP contribution in [0.2, 0.25) is 0 Å². The normalized spacial score (nSPS) is 9.08. The predicted molar refractivity (Wildman–Crippen MR) is 47.9 cm³/mol. The number of esters is 1. The van der Waals surface area contributed by atoms with Crippen LogP contribution < -0.4 is 5.73 Å². The lowest BCUT2D eigenvalue weighted by Crippen LogP contribution is -2.30. The topological polar surface area (TPSA) is 72.6 Å². The fourth-order valence-electron chi connectivity index (χ4n) is 0.452. The van der Waals surface area contributed by atoms with E-state index in [0.29, 0.717) is 5.57 Å². The van der Waals surface area contributed by atoms with Crippen molar-refractivity contribution in [1.29, 1.82) is 0 Å². The fraction of sp³-hybridized carbons (Fsp3) is 0.429. The second-order valence-corrected chi connectivity index (χ2v) is 2.75. The first-order chi connectivity index (χ1) is 5.95. The van der Waals surface area contributed by atoms with Crippen LogP contribution in [0.5, 0.6) is 0 Å². The lowest BCUT2D eigenvalue weighted by atomic mass is 10.4. The zero-order valence-corrected chi connectivity index (χ0v) is 8.00. The van der Waals surface area contributed by atoms with Crippen molar-refractivity contribution < 1.29 is 14.3 Å². The second kappa shape index (κ2) is 5.42.